The van der Waals surface area contributed by atoms with Crippen molar-refractivity contribution in [2.45, 2.75) is 25.9 Å². The number of aromatic nitrogens is 1. The van der Waals surface area contributed by atoms with Gasteiger partial charge < -0.3 is 5.32 Å². The minimum Gasteiger partial charge on any atom is -0.310 e. The fraction of sp³-hybridized carbons (Fsp3) is 0.333. The van der Waals surface area contributed by atoms with Crippen LogP contribution in [0.15, 0.2) is 31.0 Å². The van der Waals surface area contributed by atoms with Gasteiger partial charge in [-0.05, 0) is 19.4 Å². The molecule has 1 atom stereocenters. The minimum atomic E-state index is 0.370. The van der Waals surface area contributed by atoms with Crippen molar-refractivity contribution in [2.75, 3.05) is 0 Å². The molecular formula is C12H15N3. The first-order valence-electron chi connectivity index (χ1n) is 4.96. The molecule has 1 aromatic rings. The van der Waals surface area contributed by atoms with Crippen molar-refractivity contribution in [3.63, 3.8) is 0 Å². The molecule has 0 saturated heterocycles. The molecule has 15 heavy (non-hydrogen) atoms. The van der Waals surface area contributed by atoms with E-state index in [1.165, 1.54) is 0 Å². The SMILES string of the molecule is C=CCC(C)NCc1cccnc1C#N. The lowest BCUT2D eigenvalue weighted by atomic mass is 10.1. The molecule has 1 rings (SSSR count). The predicted octanol–water partition coefficient (Wildman–Crippen LogP) is 2.01. The average Bonchev–Trinajstić information content (AvgIpc) is 2.27. The molecule has 0 saturated carbocycles. The summed E-state index contributed by atoms with van der Waals surface area (Å²) in [5.74, 6) is 0. The van der Waals surface area contributed by atoms with Crippen molar-refractivity contribution in [3.8, 4) is 6.07 Å². The van der Waals surface area contributed by atoms with E-state index in [0.717, 1.165) is 12.0 Å². The molecule has 0 radical (unpaired) electrons. The summed E-state index contributed by atoms with van der Waals surface area (Å²) in [7, 11) is 0. The zero-order chi connectivity index (χ0) is 11.1. The highest BCUT2D eigenvalue weighted by Gasteiger charge is 2.03. The lowest BCUT2D eigenvalue weighted by Crippen LogP contribution is -2.25. The van der Waals surface area contributed by atoms with E-state index in [9.17, 15) is 0 Å². The summed E-state index contributed by atoms with van der Waals surface area (Å²) in [5, 5.41) is 12.1. The zero-order valence-corrected chi connectivity index (χ0v) is 8.90. The van der Waals surface area contributed by atoms with Crippen LogP contribution in [0.3, 0.4) is 0 Å². The number of nitrogens with one attached hydrogen (secondary N) is 1. The Morgan fingerprint density at radius 1 is 1.73 bits per heavy atom. The van der Waals surface area contributed by atoms with Crippen LogP contribution in [0.25, 0.3) is 0 Å². The molecule has 0 spiro atoms. The third kappa shape index (κ3) is 3.53. The monoisotopic (exact) mass is 201 g/mol. The smallest absolute Gasteiger partial charge is 0.144 e. The number of hydrogen-bond acceptors (Lipinski definition) is 3. The van der Waals surface area contributed by atoms with Gasteiger partial charge in [0.25, 0.3) is 0 Å². The molecule has 1 heterocycles. The number of pyridine rings is 1. The number of nitrogens with zero attached hydrogens (tertiary/aromatic N) is 2. The normalized spacial score (nSPS) is 11.7. The minimum absolute atomic E-state index is 0.370. The molecule has 0 aliphatic carbocycles. The molecule has 1 unspecified atom stereocenters. The summed E-state index contributed by atoms with van der Waals surface area (Å²) in [6, 6.07) is 6.21. The molecule has 78 valence electrons. The summed E-state index contributed by atoms with van der Waals surface area (Å²) in [5.41, 5.74) is 1.44. The van der Waals surface area contributed by atoms with Crippen LogP contribution in [0.4, 0.5) is 0 Å². The molecule has 1 N–H and O–H groups in total. The van der Waals surface area contributed by atoms with Crippen LogP contribution in [0.1, 0.15) is 24.6 Å². The van der Waals surface area contributed by atoms with E-state index in [1.807, 2.05) is 18.2 Å². The third-order valence-electron chi connectivity index (χ3n) is 2.16. The second-order valence-electron chi connectivity index (χ2n) is 3.43. The largest absolute Gasteiger partial charge is 0.310 e. The highest BCUT2D eigenvalue weighted by molar-refractivity contribution is 5.30. The molecule has 0 bridgehead atoms. The Labute approximate surface area is 90.5 Å². The molecule has 0 aromatic carbocycles. The Kier molecular flexibility index (Phi) is 4.52. The molecule has 0 fully saturated rings. The van der Waals surface area contributed by atoms with Gasteiger partial charge in [-0.15, -0.1) is 6.58 Å². The fourth-order valence-corrected chi connectivity index (χ4v) is 1.30. The van der Waals surface area contributed by atoms with Gasteiger partial charge in [-0.1, -0.05) is 12.1 Å². The van der Waals surface area contributed by atoms with Crippen molar-refractivity contribution in [1.29, 1.82) is 5.26 Å². The second kappa shape index (κ2) is 5.94. The summed E-state index contributed by atoms with van der Waals surface area (Å²) < 4.78 is 0. The summed E-state index contributed by atoms with van der Waals surface area (Å²) in [6.07, 6.45) is 4.43. The number of rotatable bonds is 5. The van der Waals surface area contributed by atoms with E-state index in [1.54, 1.807) is 6.20 Å². The van der Waals surface area contributed by atoms with Gasteiger partial charge in [-0.2, -0.15) is 5.26 Å². The van der Waals surface area contributed by atoms with Crippen LogP contribution in [0.2, 0.25) is 0 Å². The molecule has 3 heteroatoms. The number of hydrogen-bond donors (Lipinski definition) is 1. The highest BCUT2D eigenvalue weighted by Crippen LogP contribution is 2.04. The topological polar surface area (TPSA) is 48.7 Å². The maximum absolute atomic E-state index is 8.83. The molecule has 0 aliphatic rings. The van der Waals surface area contributed by atoms with Gasteiger partial charge in [-0.3, -0.25) is 0 Å². The van der Waals surface area contributed by atoms with Crippen molar-refractivity contribution < 1.29 is 0 Å². The third-order valence-corrected chi connectivity index (χ3v) is 2.16. The van der Waals surface area contributed by atoms with Gasteiger partial charge in [0, 0.05) is 24.3 Å². The standard InChI is InChI=1S/C12H15N3/c1-3-5-10(2)15-9-11-6-4-7-14-12(11)8-13/h3-4,6-7,10,15H,1,5,9H2,2H3. The molecule has 0 aliphatic heterocycles. The maximum Gasteiger partial charge on any atom is 0.144 e. The van der Waals surface area contributed by atoms with Crippen molar-refractivity contribution in [3.05, 3.63) is 42.2 Å². The molecule has 0 amide bonds. The number of nitriles is 1. The Morgan fingerprint density at radius 3 is 3.20 bits per heavy atom. The van der Waals surface area contributed by atoms with Gasteiger partial charge in [0.15, 0.2) is 0 Å². The molecular weight excluding hydrogens is 186 g/mol. The van der Waals surface area contributed by atoms with E-state index in [0.29, 0.717) is 18.3 Å². The van der Waals surface area contributed by atoms with Gasteiger partial charge in [-0.25, -0.2) is 4.98 Å². The van der Waals surface area contributed by atoms with Gasteiger partial charge >= 0.3 is 0 Å². The van der Waals surface area contributed by atoms with Crippen LogP contribution < -0.4 is 5.32 Å². The molecule has 1 aromatic heterocycles. The van der Waals surface area contributed by atoms with E-state index in [-0.39, 0.29) is 0 Å². The Morgan fingerprint density at radius 2 is 2.53 bits per heavy atom. The van der Waals surface area contributed by atoms with Gasteiger partial charge in [0.05, 0.1) is 0 Å². The highest BCUT2D eigenvalue weighted by atomic mass is 14.9. The van der Waals surface area contributed by atoms with Crippen LogP contribution >= 0.6 is 0 Å². The van der Waals surface area contributed by atoms with E-state index < -0.39 is 0 Å². The van der Waals surface area contributed by atoms with E-state index >= 15 is 0 Å². The second-order valence-corrected chi connectivity index (χ2v) is 3.43. The maximum atomic E-state index is 8.83. The quantitative estimate of drug-likeness (QED) is 0.741. The van der Waals surface area contributed by atoms with Crippen LogP contribution in [-0.2, 0) is 6.54 Å². The van der Waals surface area contributed by atoms with Gasteiger partial charge in [0.1, 0.15) is 11.8 Å². The fourth-order valence-electron chi connectivity index (χ4n) is 1.30. The van der Waals surface area contributed by atoms with E-state index in [4.69, 9.17) is 5.26 Å². The summed E-state index contributed by atoms with van der Waals surface area (Å²) in [4.78, 5) is 4.00. The van der Waals surface area contributed by atoms with E-state index in [2.05, 4.69) is 29.9 Å². The van der Waals surface area contributed by atoms with Crippen LogP contribution in [-0.4, -0.2) is 11.0 Å². The Bertz CT molecular complexity index is 365. The first-order chi connectivity index (χ1) is 7.27. The lowest BCUT2D eigenvalue weighted by Gasteiger charge is -2.11. The predicted molar refractivity (Wildman–Crippen MR) is 60.1 cm³/mol. The lowest BCUT2D eigenvalue weighted by molar-refractivity contribution is 0.552. The zero-order valence-electron chi connectivity index (χ0n) is 8.90. The van der Waals surface area contributed by atoms with Crippen LogP contribution in [0.5, 0.6) is 0 Å². The van der Waals surface area contributed by atoms with Crippen molar-refractivity contribution in [1.82, 2.24) is 10.3 Å². The summed E-state index contributed by atoms with van der Waals surface area (Å²) >= 11 is 0. The average molecular weight is 201 g/mol. The van der Waals surface area contributed by atoms with Gasteiger partial charge in [0.2, 0.25) is 0 Å². The molecule has 3 nitrogen and oxygen atoms in total. The first-order valence-corrected chi connectivity index (χ1v) is 4.96. The Hall–Kier alpha value is -1.66. The first kappa shape index (κ1) is 11.4. The van der Waals surface area contributed by atoms with Crippen LogP contribution in [0, 0.1) is 11.3 Å². The summed E-state index contributed by atoms with van der Waals surface area (Å²) in [6.45, 7) is 6.44. The van der Waals surface area contributed by atoms with Crippen molar-refractivity contribution in [2.24, 2.45) is 0 Å². The van der Waals surface area contributed by atoms with Crippen molar-refractivity contribution >= 4 is 0 Å². The Balaban J connectivity index is 2.57.